The van der Waals surface area contributed by atoms with Gasteiger partial charge in [0.1, 0.15) is 0 Å². The Kier molecular flexibility index (Phi) is 4.32. The number of hydrogen-bond donors (Lipinski definition) is 1. The summed E-state index contributed by atoms with van der Waals surface area (Å²) in [4.78, 5) is 2.60. The zero-order chi connectivity index (χ0) is 14.0. The molecule has 1 aromatic carbocycles. The van der Waals surface area contributed by atoms with Crippen molar-refractivity contribution >= 4 is 0 Å². The first-order valence-corrected chi connectivity index (χ1v) is 7.45. The highest BCUT2D eigenvalue weighted by atomic mass is 15.2. The molecule has 2 nitrogen and oxygen atoms in total. The topological polar surface area (TPSA) is 29.3 Å². The van der Waals surface area contributed by atoms with Crippen LogP contribution < -0.4 is 5.73 Å². The van der Waals surface area contributed by atoms with Crippen LogP contribution in [-0.2, 0) is 0 Å². The maximum atomic E-state index is 6.57. The molecule has 2 unspecified atom stereocenters. The second kappa shape index (κ2) is 5.64. The molecule has 0 aliphatic carbocycles. The zero-order valence-corrected chi connectivity index (χ0v) is 12.8. The fourth-order valence-electron chi connectivity index (χ4n) is 3.34. The van der Waals surface area contributed by atoms with Crippen molar-refractivity contribution in [1.82, 2.24) is 4.90 Å². The van der Waals surface area contributed by atoms with E-state index >= 15 is 0 Å². The second-order valence-electron chi connectivity index (χ2n) is 7.06. The summed E-state index contributed by atoms with van der Waals surface area (Å²) in [6.45, 7) is 11.6. The van der Waals surface area contributed by atoms with E-state index in [1.54, 1.807) is 0 Å². The van der Waals surface area contributed by atoms with Gasteiger partial charge in [-0.15, -0.1) is 0 Å². The van der Waals surface area contributed by atoms with Crippen molar-refractivity contribution in [2.24, 2.45) is 17.1 Å². The van der Waals surface area contributed by atoms with Crippen molar-refractivity contribution in [2.45, 2.75) is 46.2 Å². The minimum atomic E-state index is 0.107. The molecule has 1 heterocycles. The van der Waals surface area contributed by atoms with Gasteiger partial charge in [0.2, 0.25) is 0 Å². The number of benzene rings is 1. The molecule has 0 spiro atoms. The van der Waals surface area contributed by atoms with Crippen molar-refractivity contribution in [3.63, 3.8) is 0 Å². The van der Waals surface area contributed by atoms with Gasteiger partial charge in [0.05, 0.1) is 0 Å². The molecule has 0 amide bonds. The highest BCUT2D eigenvalue weighted by molar-refractivity contribution is 5.20. The number of nitrogens with two attached hydrogens (primary N) is 1. The Bertz CT molecular complexity index is 397. The van der Waals surface area contributed by atoms with Crippen LogP contribution >= 0.6 is 0 Å². The average molecular weight is 260 g/mol. The first-order chi connectivity index (χ1) is 8.91. The molecule has 1 aromatic rings. The fraction of sp³-hybridized carbons (Fsp3) is 0.647. The predicted molar refractivity (Wildman–Crippen MR) is 82.0 cm³/mol. The van der Waals surface area contributed by atoms with Gasteiger partial charge in [0, 0.05) is 18.6 Å². The number of likely N-dealkylation sites (tertiary alicyclic amines) is 1. The molecule has 1 aliphatic heterocycles. The van der Waals surface area contributed by atoms with Gasteiger partial charge in [-0.2, -0.15) is 0 Å². The van der Waals surface area contributed by atoms with Crippen molar-refractivity contribution in [1.29, 1.82) is 0 Å². The van der Waals surface area contributed by atoms with Crippen molar-refractivity contribution in [2.75, 3.05) is 13.1 Å². The van der Waals surface area contributed by atoms with Crippen LogP contribution in [0.2, 0.25) is 0 Å². The Balaban J connectivity index is 2.17. The molecule has 0 radical (unpaired) electrons. The van der Waals surface area contributed by atoms with Gasteiger partial charge in [-0.25, -0.2) is 0 Å². The summed E-state index contributed by atoms with van der Waals surface area (Å²) in [5, 5.41) is 0. The van der Waals surface area contributed by atoms with Crippen LogP contribution in [0, 0.1) is 11.3 Å². The summed E-state index contributed by atoms with van der Waals surface area (Å²) in [6.07, 6.45) is 1.28. The van der Waals surface area contributed by atoms with E-state index < -0.39 is 0 Å². The highest BCUT2D eigenvalue weighted by Crippen LogP contribution is 2.35. The van der Waals surface area contributed by atoms with Crippen LogP contribution in [0.4, 0.5) is 0 Å². The van der Waals surface area contributed by atoms with Crippen LogP contribution in [0.5, 0.6) is 0 Å². The average Bonchev–Trinajstić information content (AvgIpc) is 2.70. The normalized spacial score (nSPS) is 22.6. The third kappa shape index (κ3) is 3.37. The molecule has 1 aliphatic rings. The Morgan fingerprint density at radius 1 is 1.16 bits per heavy atom. The van der Waals surface area contributed by atoms with Gasteiger partial charge in [0.25, 0.3) is 0 Å². The van der Waals surface area contributed by atoms with Crippen molar-refractivity contribution < 1.29 is 0 Å². The first kappa shape index (κ1) is 14.5. The molecule has 2 atom stereocenters. The quantitative estimate of drug-likeness (QED) is 0.898. The molecule has 19 heavy (non-hydrogen) atoms. The van der Waals surface area contributed by atoms with Crippen LogP contribution in [0.1, 0.15) is 45.7 Å². The van der Waals surface area contributed by atoms with Gasteiger partial charge in [-0.3, -0.25) is 4.90 Å². The Hall–Kier alpha value is -0.860. The minimum Gasteiger partial charge on any atom is -0.323 e. The molecule has 1 fully saturated rings. The van der Waals surface area contributed by atoms with Crippen molar-refractivity contribution in [3.8, 4) is 0 Å². The van der Waals surface area contributed by atoms with E-state index in [0.717, 1.165) is 6.54 Å². The standard InChI is InChI=1S/C17H28N2/c1-13(2)16(19-11-10-17(3,4)12-19)15(18)14-8-6-5-7-9-14/h5-9,13,15-16H,10-12,18H2,1-4H3. The Morgan fingerprint density at radius 3 is 2.26 bits per heavy atom. The lowest BCUT2D eigenvalue weighted by molar-refractivity contribution is 0.147. The molecule has 0 saturated carbocycles. The molecule has 106 valence electrons. The molecular weight excluding hydrogens is 232 g/mol. The maximum absolute atomic E-state index is 6.57. The third-order valence-corrected chi connectivity index (χ3v) is 4.36. The minimum absolute atomic E-state index is 0.107. The molecular formula is C17H28N2. The summed E-state index contributed by atoms with van der Waals surface area (Å²) in [6, 6.07) is 11.1. The summed E-state index contributed by atoms with van der Waals surface area (Å²) in [5.74, 6) is 0.573. The lowest BCUT2D eigenvalue weighted by Crippen LogP contribution is -2.45. The monoisotopic (exact) mass is 260 g/mol. The summed E-state index contributed by atoms with van der Waals surface area (Å²) in [5.41, 5.74) is 8.26. The van der Waals surface area contributed by atoms with Gasteiger partial charge in [0.15, 0.2) is 0 Å². The van der Waals surface area contributed by atoms with Crippen LogP contribution in [0.3, 0.4) is 0 Å². The molecule has 1 saturated heterocycles. The SMILES string of the molecule is CC(C)C(C(N)c1ccccc1)N1CCC(C)(C)C1. The summed E-state index contributed by atoms with van der Waals surface area (Å²) in [7, 11) is 0. The highest BCUT2D eigenvalue weighted by Gasteiger charge is 2.37. The predicted octanol–water partition coefficient (Wildman–Crippen LogP) is 3.44. The lowest BCUT2D eigenvalue weighted by Gasteiger charge is -2.36. The van der Waals surface area contributed by atoms with E-state index in [1.165, 1.54) is 18.5 Å². The van der Waals surface area contributed by atoms with E-state index in [1.807, 2.05) is 0 Å². The molecule has 2 N–H and O–H groups in total. The number of nitrogens with zero attached hydrogens (tertiary/aromatic N) is 1. The van der Waals surface area contributed by atoms with E-state index in [-0.39, 0.29) is 6.04 Å². The summed E-state index contributed by atoms with van der Waals surface area (Å²) < 4.78 is 0. The largest absolute Gasteiger partial charge is 0.323 e. The second-order valence-corrected chi connectivity index (χ2v) is 7.06. The third-order valence-electron chi connectivity index (χ3n) is 4.36. The zero-order valence-electron chi connectivity index (χ0n) is 12.8. The van der Waals surface area contributed by atoms with Gasteiger partial charge < -0.3 is 5.73 Å². The maximum Gasteiger partial charge on any atom is 0.0455 e. The molecule has 0 aromatic heterocycles. The number of hydrogen-bond acceptors (Lipinski definition) is 2. The number of rotatable bonds is 4. The van der Waals surface area contributed by atoms with Crippen LogP contribution in [-0.4, -0.2) is 24.0 Å². The molecule has 2 heteroatoms. The fourth-order valence-corrected chi connectivity index (χ4v) is 3.34. The Morgan fingerprint density at radius 2 is 1.79 bits per heavy atom. The van der Waals surface area contributed by atoms with Gasteiger partial charge in [-0.05, 0) is 29.9 Å². The van der Waals surface area contributed by atoms with E-state index in [0.29, 0.717) is 17.4 Å². The molecule has 0 bridgehead atoms. The van der Waals surface area contributed by atoms with Crippen LogP contribution in [0.15, 0.2) is 30.3 Å². The molecule has 2 rings (SSSR count). The van der Waals surface area contributed by atoms with Gasteiger partial charge >= 0.3 is 0 Å². The van der Waals surface area contributed by atoms with Crippen LogP contribution in [0.25, 0.3) is 0 Å². The van der Waals surface area contributed by atoms with E-state index in [4.69, 9.17) is 5.73 Å². The lowest BCUT2D eigenvalue weighted by atomic mass is 9.89. The Labute approximate surface area is 118 Å². The van der Waals surface area contributed by atoms with E-state index in [9.17, 15) is 0 Å². The summed E-state index contributed by atoms with van der Waals surface area (Å²) >= 11 is 0. The van der Waals surface area contributed by atoms with Crippen molar-refractivity contribution in [3.05, 3.63) is 35.9 Å². The van der Waals surface area contributed by atoms with E-state index in [2.05, 4.69) is 62.9 Å². The first-order valence-electron chi connectivity index (χ1n) is 7.45. The smallest absolute Gasteiger partial charge is 0.0455 e. The van der Waals surface area contributed by atoms with Gasteiger partial charge in [-0.1, -0.05) is 58.0 Å².